The molecule has 0 saturated carbocycles. The van der Waals surface area contributed by atoms with Crippen molar-refractivity contribution >= 4 is 5.91 Å². The average Bonchev–Trinajstić information content (AvgIpc) is 2.48. The molecule has 6 heteroatoms. The molecule has 0 radical (unpaired) electrons. The molecular weight excluding hydrogens is 304 g/mol. The highest BCUT2D eigenvalue weighted by molar-refractivity contribution is 5.76. The minimum Gasteiger partial charge on any atom is -0.353 e. The lowest BCUT2D eigenvalue weighted by atomic mass is 10.1. The van der Waals surface area contributed by atoms with Gasteiger partial charge in [-0.3, -0.25) is 9.78 Å². The van der Waals surface area contributed by atoms with E-state index in [-0.39, 0.29) is 17.6 Å². The zero-order valence-corrected chi connectivity index (χ0v) is 14.6. The molecule has 0 aliphatic heterocycles. The van der Waals surface area contributed by atoms with Crippen LogP contribution in [0.2, 0.25) is 0 Å². The molecule has 0 fully saturated rings. The summed E-state index contributed by atoms with van der Waals surface area (Å²) < 4.78 is 0. The first-order valence-electron chi connectivity index (χ1n) is 8.13. The van der Waals surface area contributed by atoms with Crippen LogP contribution in [0, 0.1) is 20.8 Å². The Morgan fingerprint density at radius 3 is 2.75 bits per heavy atom. The largest absolute Gasteiger partial charge is 0.353 e. The number of carbonyl (C=O) groups excluding carboxylic acids is 1. The number of hydrogen-bond acceptors (Lipinski definition) is 4. The standard InChI is InChI=1S/C18H24N4O2/c1-11-6-5-9-19-16(11)10-12(2)20-17(23)8-7-15-13(3)21-18(24)22-14(15)4/h5-6,9,12H,7-8,10H2,1-4H3,(H,20,23)(H,21,22,24)/t12-/m1/s1. The van der Waals surface area contributed by atoms with Crippen molar-refractivity contribution in [1.82, 2.24) is 20.3 Å². The number of rotatable bonds is 6. The maximum atomic E-state index is 12.2. The van der Waals surface area contributed by atoms with Gasteiger partial charge in [0.15, 0.2) is 0 Å². The molecule has 0 aromatic carbocycles. The van der Waals surface area contributed by atoms with Gasteiger partial charge in [-0.2, -0.15) is 4.98 Å². The molecule has 0 spiro atoms. The predicted molar refractivity (Wildman–Crippen MR) is 92.9 cm³/mol. The molecule has 1 amide bonds. The second-order valence-electron chi connectivity index (χ2n) is 6.17. The Kier molecular flexibility index (Phi) is 5.84. The zero-order valence-electron chi connectivity index (χ0n) is 14.6. The van der Waals surface area contributed by atoms with E-state index in [2.05, 4.69) is 20.3 Å². The highest BCUT2D eigenvalue weighted by Gasteiger charge is 2.12. The van der Waals surface area contributed by atoms with Gasteiger partial charge in [-0.25, -0.2) is 4.79 Å². The highest BCUT2D eigenvalue weighted by atomic mass is 16.1. The van der Waals surface area contributed by atoms with Crippen molar-refractivity contribution in [3.05, 3.63) is 57.0 Å². The smallest absolute Gasteiger partial charge is 0.345 e. The number of H-pyrrole nitrogens is 1. The third-order valence-corrected chi connectivity index (χ3v) is 4.08. The van der Waals surface area contributed by atoms with Crippen molar-refractivity contribution in [2.24, 2.45) is 0 Å². The average molecular weight is 328 g/mol. The molecule has 2 aromatic rings. The molecule has 128 valence electrons. The van der Waals surface area contributed by atoms with E-state index in [1.165, 1.54) is 0 Å². The second kappa shape index (κ2) is 7.86. The summed E-state index contributed by atoms with van der Waals surface area (Å²) in [7, 11) is 0. The van der Waals surface area contributed by atoms with Crippen LogP contribution in [0.1, 0.15) is 41.6 Å². The van der Waals surface area contributed by atoms with Crippen molar-refractivity contribution in [1.29, 1.82) is 0 Å². The molecule has 0 aliphatic rings. The van der Waals surface area contributed by atoms with Gasteiger partial charge in [-0.1, -0.05) is 6.07 Å². The Morgan fingerprint density at radius 1 is 1.33 bits per heavy atom. The number of aryl methyl sites for hydroxylation is 3. The van der Waals surface area contributed by atoms with E-state index in [4.69, 9.17) is 0 Å². The van der Waals surface area contributed by atoms with Crippen molar-refractivity contribution in [3.63, 3.8) is 0 Å². The normalized spacial score (nSPS) is 12.0. The predicted octanol–water partition coefficient (Wildman–Crippen LogP) is 1.77. The number of pyridine rings is 1. The number of carbonyl (C=O) groups is 1. The number of aromatic nitrogens is 3. The zero-order chi connectivity index (χ0) is 17.7. The van der Waals surface area contributed by atoms with E-state index < -0.39 is 0 Å². The van der Waals surface area contributed by atoms with Crippen LogP contribution in [0.3, 0.4) is 0 Å². The van der Waals surface area contributed by atoms with E-state index in [9.17, 15) is 9.59 Å². The van der Waals surface area contributed by atoms with Crippen molar-refractivity contribution in [2.75, 3.05) is 0 Å². The molecule has 2 aromatic heterocycles. The van der Waals surface area contributed by atoms with E-state index >= 15 is 0 Å². The Labute approximate surface area is 141 Å². The number of aromatic amines is 1. The molecule has 0 aliphatic carbocycles. The third kappa shape index (κ3) is 4.75. The molecule has 1 atom stereocenters. The fourth-order valence-electron chi connectivity index (χ4n) is 2.78. The first kappa shape index (κ1) is 17.8. The maximum absolute atomic E-state index is 12.2. The lowest BCUT2D eigenvalue weighted by molar-refractivity contribution is -0.121. The lowest BCUT2D eigenvalue weighted by Crippen LogP contribution is -2.34. The lowest BCUT2D eigenvalue weighted by Gasteiger charge is -2.15. The van der Waals surface area contributed by atoms with Gasteiger partial charge in [0.25, 0.3) is 0 Å². The third-order valence-electron chi connectivity index (χ3n) is 4.08. The summed E-state index contributed by atoms with van der Waals surface area (Å²) in [4.78, 5) is 34.4. The van der Waals surface area contributed by atoms with Crippen LogP contribution in [0.4, 0.5) is 0 Å². The van der Waals surface area contributed by atoms with E-state index in [1.54, 1.807) is 13.1 Å². The molecular formula is C18H24N4O2. The summed E-state index contributed by atoms with van der Waals surface area (Å²) in [6.45, 7) is 7.62. The Morgan fingerprint density at radius 2 is 2.08 bits per heavy atom. The Hall–Kier alpha value is -2.50. The van der Waals surface area contributed by atoms with Crippen molar-refractivity contribution < 1.29 is 4.79 Å². The van der Waals surface area contributed by atoms with Crippen LogP contribution in [0.5, 0.6) is 0 Å². The number of nitrogens with one attached hydrogen (secondary N) is 2. The van der Waals surface area contributed by atoms with Gasteiger partial charge >= 0.3 is 5.69 Å². The number of amides is 1. The number of hydrogen-bond donors (Lipinski definition) is 2. The molecule has 0 saturated heterocycles. The van der Waals surface area contributed by atoms with Gasteiger partial charge in [-0.15, -0.1) is 0 Å². The van der Waals surface area contributed by atoms with Crippen LogP contribution >= 0.6 is 0 Å². The monoisotopic (exact) mass is 328 g/mol. The van der Waals surface area contributed by atoms with Crippen LogP contribution < -0.4 is 11.0 Å². The summed E-state index contributed by atoms with van der Waals surface area (Å²) >= 11 is 0. The molecule has 0 unspecified atom stereocenters. The first-order chi connectivity index (χ1) is 11.4. The molecule has 2 rings (SSSR count). The van der Waals surface area contributed by atoms with Crippen LogP contribution in [0.15, 0.2) is 23.1 Å². The molecule has 2 N–H and O–H groups in total. The fraction of sp³-hybridized carbons (Fsp3) is 0.444. The summed E-state index contributed by atoms with van der Waals surface area (Å²) in [6, 6.07) is 3.94. The quantitative estimate of drug-likeness (QED) is 0.846. The molecule has 24 heavy (non-hydrogen) atoms. The number of nitrogens with zero attached hydrogens (tertiary/aromatic N) is 2. The Balaban J connectivity index is 1.90. The van der Waals surface area contributed by atoms with Crippen LogP contribution in [-0.4, -0.2) is 26.9 Å². The summed E-state index contributed by atoms with van der Waals surface area (Å²) in [5.41, 5.74) is 4.17. The van der Waals surface area contributed by atoms with E-state index in [1.807, 2.05) is 32.9 Å². The van der Waals surface area contributed by atoms with Gasteiger partial charge < -0.3 is 10.3 Å². The van der Waals surface area contributed by atoms with Gasteiger partial charge in [0.05, 0.1) is 0 Å². The van der Waals surface area contributed by atoms with Crippen molar-refractivity contribution in [2.45, 2.75) is 53.0 Å². The molecule has 0 bridgehead atoms. The topological polar surface area (TPSA) is 87.7 Å². The highest BCUT2D eigenvalue weighted by Crippen LogP contribution is 2.10. The van der Waals surface area contributed by atoms with Crippen molar-refractivity contribution in [3.8, 4) is 0 Å². The van der Waals surface area contributed by atoms with Gasteiger partial charge in [0.1, 0.15) is 0 Å². The Bertz CT molecular complexity index is 757. The first-order valence-corrected chi connectivity index (χ1v) is 8.13. The second-order valence-corrected chi connectivity index (χ2v) is 6.17. The van der Waals surface area contributed by atoms with Gasteiger partial charge in [-0.05, 0) is 51.3 Å². The summed E-state index contributed by atoms with van der Waals surface area (Å²) in [6.07, 6.45) is 3.39. The summed E-state index contributed by atoms with van der Waals surface area (Å²) in [5.74, 6) is -0.0129. The minimum atomic E-state index is -0.349. The van der Waals surface area contributed by atoms with E-state index in [0.717, 1.165) is 22.5 Å². The van der Waals surface area contributed by atoms with Gasteiger partial charge in [0, 0.05) is 42.2 Å². The molecule has 2 heterocycles. The molecule has 6 nitrogen and oxygen atoms in total. The van der Waals surface area contributed by atoms with E-state index in [0.29, 0.717) is 25.0 Å². The SMILES string of the molecule is Cc1cccnc1C[C@@H](C)NC(=O)CCc1c(C)nc(=O)[nH]c1C. The maximum Gasteiger partial charge on any atom is 0.345 e. The fourth-order valence-corrected chi connectivity index (χ4v) is 2.78. The van der Waals surface area contributed by atoms with Gasteiger partial charge in [0.2, 0.25) is 5.91 Å². The van der Waals surface area contributed by atoms with Crippen LogP contribution in [-0.2, 0) is 17.6 Å². The minimum absolute atomic E-state index is 0.0129. The van der Waals surface area contributed by atoms with Crippen LogP contribution in [0.25, 0.3) is 0 Å². The summed E-state index contributed by atoms with van der Waals surface area (Å²) in [5, 5.41) is 3.00.